The molecule has 0 spiro atoms. The maximum Gasteiger partial charge on any atom is 0.263 e. The minimum absolute atomic E-state index is 0.318. The van der Waals surface area contributed by atoms with E-state index < -0.39 is 22.0 Å². The highest BCUT2D eigenvalue weighted by Crippen LogP contribution is 2.28. The fourth-order valence-corrected chi connectivity index (χ4v) is 6.03. The normalized spacial score (nSPS) is 12.3. The molecule has 4 rings (SSSR count). The number of hydrogen-bond acceptors (Lipinski definition) is 5. The number of ether oxygens (including phenoxy) is 1. The first-order valence-electron chi connectivity index (χ1n) is 12.2. The van der Waals surface area contributed by atoms with Crippen molar-refractivity contribution in [3.05, 3.63) is 106 Å². The molecule has 1 N–H and O–H groups in total. The number of benzene rings is 3. The maximum absolute atomic E-state index is 13.0. The monoisotopic (exact) mass is 598 g/mol. The van der Waals surface area contributed by atoms with Crippen molar-refractivity contribution >= 4 is 51.0 Å². The third kappa shape index (κ3) is 6.85. The summed E-state index contributed by atoms with van der Waals surface area (Å²) in [7, 11) is -3.80. The number of amides is 1. The summed E-state index contributed by atoms with van der Waals surface area (Å²) >= 11 is 12.4. The molecule has 0 saturated heterocycles. The quantitative estimate of drug-likeness (QED) is 0.176. The van der Waals surface area contributed by atoms with E-state index in [1.807, 2.05) is 54.8 Å². The molecule has 1 heterocycles. The number of hydrazone groups is 1. The predicted molar refractivity (Wildman–Crippen MR) is 161 cm³/mol. The van der Waals surface area contributed by atoms with Gasteiger partial charge in [0.05, 0.1) is 18.2 Å². The number of carbonyl (C=O) groups excluding carboxylic acids is 1. The van der Waals surface area contributed by atoms with Crippen molar-refractivity contribution in [3.63, 3.8) is 0 Å². The Morgan fingerprint density at radius 3 is 2.17 bits per heavy atom. The second-order valence-electron chi connectivity index (χ2n) is 9.17. The number of nitrogens with one attached hydrogen (secondary N) is 1. The van der Waals surface area contributed by atoms with E-state index in [1.165, 1.54) is 13.1 Å². The van der Waals surface area contributed by atoms with Crippen molar-refractivity contribution in [1.29, 1.82) is 0 Å². The topological polar surface area (TPSA) is 93.0 Å². The molecule has 4 aromatic rings. The highest BCUT2D eigenvalue weighted by molar-refractivity contribution is 7.92. The Bertz CT molecular complexity index is 1630. The molecule has 0 aliphatic rings. The third-order valence-corrected chi connectivity index (χ3v) is 7.79. The summed E-state index contributed by atoms with van der Waals surface area (Å²) in [4.78, 5) is 13.0. The highest BCUT2D eigenvalue weighted by atomic mass is 35.5. The van der Waals surface area contributed by atoms with Crippen LogP contribution in [0.4, 0.5) is 5.69 Å². The van der Waals surface area contributed by atoms with Crippen LogP contribution in [-0.4, -0.2) is 37.4 Å². The molecule has 0 aliphatic heterocycles. The van der Waals surface area contributed by atoms with Gasteiger partial charge in [0.1, 0.15) is 17.5 Å². The lowest BCUT2D eigenvalue weighted by molar-refractivity contribution is -0.121. The van der Waals surface area contributed by atoms with E-state index in [2.05, 4.69) is 10.5 Å². The van der Waals surface area contributed by atoms with Gasteiger partial charge in [-0.05, 0) is 81.4 Å². The molecular weight excluding hydrogens is 571 g/mol. The van der Waals surface area contributed by atoms with Crippen LogP contribution in [0.25, 0.3) is 5.69 Å². The van der Waals surface area contributed by atoms with Gasteiger partial charge in [-0.25, -0.2) is 13.8 Å². The number of carbonyl (C=O) groups is 1. The average molecular weight is 600 g/mol. The molecule has 1 amide bonds. The van der Waals surface area contributed by atoms with Crippen LogP contribution in [0.2, 0.25) is 10.0 Å². The average Bonchev–Trinajstić information content (AvgIpc) is 3.17. The van der Waals surface area contributed by atoms with E-state index in [4.69, 9.17) is 27.9 Å². The van der Waals surface area contributed by atoms with Crippen LogP contribution < -0.4 is 14.5 Å². The molecule has 0 bridgehead atoms. The second-order valence-corrected chi connectivity index (χ2v) is 11.9. The summed E-state index contributed by atoms with van der Waals surface area (Å²) in [5.74, 6) is 0.586. The fraction of sp³-hybridized carbons (Fsp3) is 0.172. The lowest BCUT2D eigenvalue weighted by Gasteiger charge is -2.27. The summed E-state index contributed by atoms with van der Waals surface area (Å²) in [5, 5.41) is 5.12. The molecule has 8 nitrogen and oxygen atoms in total. The summed E-state index contributed by atoms with van der Waals surface area (Å²) in [6, 6.07) is 21.8. The Labute approximate surface area is 243 Å². The minimum atomic E-state index is -3.80. The van der Waals surface area contributed by atoms with Crippen LogP contribution in [-0.2, 0) is 14.8 Å². The molecule has 0 unspecified atom stereocenters. The molecule has 1 aromatic heterocycles. The van der Waals surface area contributed by atoms with Crippen LogP contribution in [0.15, 0.2) is 84.0 Å². The molecule has 0 saturated carbocycles. The van der Waals surface area contributed by atoms with Crippen LogP contribution in [0.5, 0.6) is 11.5 Å². The molecule has 0 aliphatic carbocycles. The molecule has 0 radical (unpaired) electrons. The minimum Gasteiger partial charge on any atom is -0.457 e. The summed E-state index contributed by atoms with van der Waals surface area (Å²) in [6.07, 6.45) is 2.56. The lowest BCUT2D eigenvalue weighted by Crippen LogP contribution is -2.46. The lowest BCUT2D eigenvalue weighted by atomic mass is 10.2. The maximum atomic E-state index is 13.0. The zero-order valence-electron chi connectivity index (χ0n) is 22.3. The molecule has 1 atom stereocenters. The number of aryl methyl sites for hydroxylation is 1. The van der Waals surface area contributed by atoms with Crippen molar-refractivity contribution in [1.82, 2.24) is 9.99 Å². The zero-order valence-corrected chi connectivity index (χ0v) is 24.6. The molecule has 40 heavy (non-hydrogen) atoms. The Balaban J connectivity index is 1.49. The molecule has 3 aromatic carbocycles. The van der Waals surface area contributed by atoms with Crippen molar-refractivity contribution in [2.45, 2.75) is 26.8 Å². The smallest absolute Gasteiger partial charge is 0.263 e. The predicted octanol–water partition coefficient (Wildman–Crippen LogP) is 6.50. The summed E-state index contributed by atoms with van der Waals surface area (Å²) < 4.78 is 34.1. The van der Waals surface area contributed by atoms with Crippen LogP contribution in [0.1, 0.15) is 23.9 Å². The number of aromatic nitrogens is 1. The fourth-order valence-electron chi connectivity index (χ4n) is 4.34. The van der Waals surface area contributed by atoms with Gasteiger partial charge in [0.15, 0.2) is 0 Å². The highest BCUT2D eigenvalue weighted by Gasteiger charge is 2.29. The largest absolute Gasteiger partial charge is 0.457 e. The number of anilines is 1. The number of sulfonamides is 1. The SMILES string of the molecule is Cc1cc(/C=N\NC(=O)[C@H](C)N(c2ccc(Oc3ccccc3)cc2)S(C)(=O)=O)c(C)n1-c1cc(Cl)cc(Cl)c1. The number of rotatable bonds is 9. The molecule has 208 valence electrons. The van der Waals surface area contributed by atoms with Gasteiger partial charge in [-0.3, -0.25) is 9.10 Å². The number of nitrogens with zero attached hydrogens (tertiary/aromatic N) is 3. The van der Waals surface area contributed by atoms with Gasteiger partial charge in [0, 0.05) is 32.7 Å². The molecule has 0 fully saturated rings. The van der Waals surface area contributed by atoms with Gasteiger partial charge in [0.2, 0.25) is 10.0 Å². The van der Waals surface area contributed by atoms with Crippen molar-refractivity contribution in [2.24, 2.45) is 5.10 Å². The molecular formula is C29H28Cl2N4O4S. The standard InChI is InChI=1S/C29H28Cl2N4O4S/c1-19-14-22(20(2)34(19)26-16-23(30)15-24(31)17-26)18-32-33-29(36)21(3)35(40(4,37)38)25-10-12-28(13-11-25)39-27-8-6-5-7-9-27/h5-18,21H,1-4H3,(H,33,36)/b32-18-/t21-/m0/s1. The van der Waals surface area contributed by atoms with E-state index in [0.717, 1.165) is 33.2 Å². The van der Waals surface area contributed by atoms with Crippen LogP contribution >= 0.6 is 23.2 Å². The van der Waals surface area contributed by atoms with E-state index >= 15 is 0 Å². The van der Waals surface area contributed by atoms with Gasteiger partial charge in [-0.15, -0.1) is 0 Å². The first-order valence-corrected chi connectivity index (χ1v) is 14.8. The summed E-state index contributed by atoms with van der Waals surface area (Å²) in [5.41, 5.74) is 6.11. The van der Waals surface area contributed by atoms with Gasteiger partial charge < -0.3 is 9.30 Å². The van der Waals surface area contributed by atoms with Gasteiger partial charge in [-0.1, -0.05) is 41.4 Å². The van der Waals surface area contributed by atoms with Crippen LogP contribution in [0.3, 0.4) is 0 Å². The summed E-state index contributed by atoms with van der Waals surface area (Å²) in [6.45, 7) is 5.33. The van der Waals surface area contributed by atoms with E-state index in [9.17, 15) is 13.2 Å². The second kappa shape index (κ2) is 12.2. The van der Waals surface area contributed by atoms with E-state index in [1.54, 1.807) is 42.5 Å². The Morgan fingerprint density at radius 2 is 1.57 bits per heavy atom. The first kappa shape index (κ1) is 29.2. The Hall–Kier alpha value is -3.79. The van der Waals surface area contributed by atoms with Gasteiger partial charge >= 0.3 is 0 Å². The third-order valence-electron chi connectivity index (χ3n) is 6.11. The van der Waals surface area contributed by atoms with Crippen molar-refractivity contribution < 1.29 is 17.9 Å². The van der Waals surface area contributed by atoms with E-state index in [-0.39, 0.29) is 0 Å². The van der Waals surface area contributed by atoms with Crippen LogP contribution in [0, 0.1) is 13.8 Å². The molecule has 11 heteroatoms. The Kier molecular flexibility index (Phi) is 8.88. The van der Waals surface area contributed by atoms with Crippen molar-refractivity contribution in [3.8, 4) is 17.2 Å². The first-order chi connectivity index (χ1) is 18.9. The van der Waals surface area contributed by atoms with Crippen molar-refractivity contribution in [2.75, 3.05) is 10.6 Å². The number of halogens is 2. The Morgan fingerprint density at radius 1 is 0.975 bits per heavy atom. The van der Waals surface area contributed by atoms with Gasteiger partial charge in [0.25, 0.3) is 5.91 Å². The number of hydrogen-bond donors (Lipinski definition) is 1. The number of para-hydroxylation sites is 1. The van der Waals surface area contributed by atoms with Gasteiger partial charge in [-0.2, -0.15) is 5.10 Å². The van der Waals surface area contributed by atoms with E-state index in [0.29, 0.717) is 27.2 Å². The zero-order chi connectivity index (χ0) is 29.0.